The van der Waals surface area contributed by atoms with Gasteiger partial charge >= 0.3 is 0 Å². The maximum Gasteiger partial charge on any atom is 0.212 e. The lowest BCUT2D eigenvalue weighted by molar-refractivity contribution is 0.264. The summed E-state index contributed by atoms with van der Waals surface area (Å²) in [7, 11) is 1.64. The molecule has 0 fully saturated rings. The zero-order valence-electron chi connectivity index (χ0n) is 17.6. The topological polar surface area (TPSA) is 49.4 Å². The Morgan fingerprint density at radius 1 is 0.967 bits per heavy atom. The third kappa shape index (κ3) is 5.38. The lowest BCUT2D eigenvalue weighted by atomic mass is 10.0. The summed E-state index contributed by atoms with van der Waals surface area (Å²) in [4.78, 5) is 6.88. The summed E-state index contributed by atoms with van der Waals surface area (Å²) in [5, 5.41) is 7.27. The average molecular weight is 403 g/mol. The lowest BCUT2D eigenvalue weighted by Crippen LogP contribution is -2.32. The fraction of sp³-hybridized carbons (Fsp3) is 0.320. The largest absolute Gasteiger partial charge is 0.481 e. The molecule has 0 saturated carbocycles. The number of nitrogens with one attached hydrogen (secondary N) is 2. The van der Waals surface area contributed by atoms with Crippen LogP contribution in [0.25, 0.3) is 11.1 Å². The zero-order chi connectivity index (χ0) is 20.6. The molecular formula is C25H30N4O. The Labute approximate surface area is 179 Å². The van der Waals surface area contributed by atoms with E-state index in [1.165, 1.54) is 22.4 Å². The van der Waals surface area contributed by atoms with E-state index in [9.17, 15) is 0 Å². The third-order valence-electron chi connectivity index (χ3n) is 5.52. The van der Waals surface area contributed by atoms with Crippen LogP contribution < -0.4 is 15.4 Å². The van der Waals surface area contributed by atoms with Crippen molar-refractivity contribution >= 4 is 5.69 Å². The highest BCUT2D eigenvalue weighted by Gasteiger charge is 2.10. The summed E-state index contributed by atoms with van der Waals surface area (Å²) >= 11 is 0. The van der Waals surface area contributed by atoms with Gasteiger partial charge in [0.1, 0.15) is 0 Å². The van der Waals surface area contributed by atoms with Crippen LogP contribution in [-0.4, -0.2) is 43.2 Å². The molecule has 1 aromatic heterocycles. The van der Waals surface area contributed by atoms with Crippen LogP contribution >= 0.6 is 0 Å². The maximum absolute atomic E-state index is 5.17. The van der Waals surface area contributed by atoms with E-state index in [-0.39, 0.29) is 0 Å². The van der Waals surface area contributed by atoms with Gasteiger partial charge in [-0.05, 0) is 41.3 Å². The number of hydrogen-bond acceptors (Lipinski definition) is 5. The van der Waals surface area contributed by atoms with Crippen molar-refractivity contribution in [2.75, 3.05) is 38.6 Å². The number of anilines is 1. The second-order valence-electron chi connectivity index (χ2n) is 7.68. The molecule has 5 nitrogen and oxygen atoms in total. The normalized spacial score (nSPS) is 15.5. The van der Waals surface area contributed by atoms with Crippen LogP contribution in [0, 0.1) is 0 Å². The van der Waals surface area contributed by atoms with Gasteiger partial charge in [-0.25, -0.2) is 4.98 Å². The molecule has 5 heteroatoms. The molecule has 0 bridgehead atoms. The Morgan fingerprint density at radius 3 is 2.63 bits per heavy atom. The summed E-state index contributed by atoms with van der Waals surface area (Å²) in [5.74, 6) is 0.636. The van der Waals surface area contributed by atoms with Crippen molar-refractivity contribution in [2.45, 2.75) is 19.5 Å². The first-order valence-corrected chi connectivity index (χ1v) is 10.7. The third-order valence-corrected chi connectivity index (χ3v) is 5.52. The number of pyridine rings is 1. The monoisotopic (exact) mass is 402 g/mol. The van der Waals surface area contributed by atoms with Crippen molar-refractivity contribution in [3.63, 3.8) is 0 Å². The van der Waals surface area contributed by atoms with Crippen molar-refractivity contribution in [3.8, 4) is 17.0 Å². The Hall–Kier alpha value is -2.89. The van der Waals surface area contributed by atoms with Gasteiger partial charge in [-0.2, -0.15) is 0 Å². The average Bonchev–Trinajstić information content (AvgIpc) is 2.84. The van der Waals surface area contributed by atoms with Gasteiger partial charge in [-0.15, -0.1) is 0 Å². The van der Waals surface area contributed by atoms with Crippen LogP contribution in [0.4, 0.5) is 5.69 Å². The van der Waals surface area contributed by atoms with Gasteiger partial charge in [-0.3, -0.25) is 4.90 Å². The molecule has 0 unspecified atom stereocenters. The Kier molecular flexibility index (Phi) is 6.95. The first-order valence-electron chi connectivity index (χ1n) is 10.7. The molecule has 0 saturated heterocycles. The summed E-state index contributed by atoms with van der Waals surface area (Å²) in [5.41, 5.74) is 6.15. The summed E-state index contributed by atoms with van der Waals surface area (Å²) < 4.78 is 5.17. The molecule has 0 amide bonds. The fourth-order valence-corrected chi connectivity index (χ4v) is 3.86. The molecule has 2 aromatic carbocycles. The van der Waals surface area contributed by atoms with E-state index in [1.807, 2.05) is 12.3 Å². The quantitative estimate of drug-likeness (QED) is 0.686. The minimum atomic E-state index is 0.636. The molecule has 30 heavy (non-hydrogen) atoms. The van der Waals surface area contributed by atoms with E-state index < -0.39 is 0 Å². The second kappa shape index (κ2) is 10.2. The van der Waals surface area contributed by atoms with E-state index in [0.29, 0.717) is 5.88 Å². The van der Waals surface area contributed by atoms with Gasteiger partial charge in [0, 0.05) is 62.8 Å². The Morgan fingerprint density at radius 2 is 1.83 bits per heavy atom. The molecule has 1 aliphatic rings. The number of methoxy groups -OCH3 is 1. The van der Waals surface area contributed by atoms with Crippen molar-refractivity contribution in [3.05, 3.63) is 78.0 Å². The molecule has 2 N–H and O–H groups in total. The molecule has 1 aliphatic heterocycles. The minimum absolute atomic E-state index is 0.636. The highest BCUT2D eigenvalue weighted by Crippen LogP contribution is 2.26. The van der Waals surface area contributed by atoms with Gasteiger partial charge in [0.25, 0.3) is 0 Å². The van der Waals surface area contributed by atoms with Gasteiger partial charge < -0.3 is 15.4 Å². The van der Waals surface area contributed by atoms with Gasteiger partial charge in [0.2, 0.25) is 5.88 Å². The molecule has 0 radical (unpaired) electrons. The zero-order valence-corrected chi connectivity index (χ0v) is 17.6. The first kappa shape index (κ1) is 20.4. The number of hydrogen-bond donors (Lipinski definition) is 2. The molecule has 2 heterocycles. The van der Waals surface area contributed by atoms with E-state index >= 15 is 0 Å². The number of benzene rings is 2. The van der Waals surface area contributed by atoms with Crippen molar-refractivity contribution < 1.29 is 4.74 Å². The van der Waals surface area contributed by atoms with Crippen LogP contribution in [0.15, 0.2) is 66.9 Å². The van der Waals surface area contributed by atoms with E-state index in [2.05, 4.69) is 75.1 Å². The second-order valence-corrected chi connectivity index (χ2v) is 7.68. The standard InChI is InChI=1S/C25H30N4O/c1-30-25-11-9-22(18-28-25)21-8-10-24-23(16-21)17-26-13-15-29(14-5-12-27-24)19-20-6-3-2-4-7-20/h2-4,6-11,16,18,26-27H,5,12-15,17,19H2,1H3. The van der Waals surface area contributed by atoms with E-state index in [0.717, 1.165) is 51.3 Å². The van der Waals surface area contributed by atoms with Gasteiger partial charge in [0.15, 0.2) is 0 Å². The predicted molar refractivity (Wildman–Crippen MR) is 123 cm³/mol. The number of aromatic nitrogens is 1. The van der Waals surface area contributed by atoms with Crippen LogP contribution in [0.5, 0.6) is 5.88 Å². The SMILES string of the molecule is COc1ccc(-c2ccc3c(c2)CNCCN(Cc2ccccc2)CCCN3)cn1. The highest BCUT2D eigenvalue weighted by molar-refractivity contribution is 5.68. The highest BCUT2D eigenvalue weighted by atomic mass is 16.5. The Bertz CT molecular complexity index is 928. The van der Waals surface area contributed by atoms with Crippen molar-refractivity contribution in [1.29, 1.82) is 0 Å². The molecule has 156 valence electrons. The number of ether oxygens (including phenoxy) is 1. The summed E-state index contributed by atoms with van der Waals surface area (Å²) in [6, 6.07) is 21.3. The minimum Gasteiger partial charge on any atom is -0.481 e. The fourth-order valence-electron chi connectivity index (χ4n) is 3.86. The molecule has 0 spiro atoms. The lowest BCUT2D eigenvalue weighted by Gasteiger charge is -2.22. The van der Waals surface area contributed by atoms with Gasteiger partial charge in [0.05, 0.1) is 7.11 Å². The van der Waals surface area contributed by atoms with Crippen molar-refractivity contribution in [2.24, 2.45) is 0 Å². The van der Waals surface area contributed by atoms with Crippen LogP contribution in [0.3, 0.4) is 0 Å². The summed E-state index contributed by atoms with van der Waals surface area (Å²) in [6.07, 6.45) is 2.99. The smallest absolute Gasteiger partial charge is 0.212 e. The Balaban J connectivity index is 1.43. The molecule has 4 rings (SSSR count). The van der Waals surface area contributed by atoms with E-state index in [4.69, 9.17) is 4.74 Å². The van der Waals surface area contributed by atoms with E-state index in [1.54, 1.807) is 7.11 Å². The first-order chi connectivity index (χ1) is 14.8. The number of fused-ring (bicyclic) bond motifs is 1. The number of rotatable bonds is 4. The molecule has 0 atom stereocenters. The van der Waals surface area contributed by atoms with Gasteiger partial charge in [-0.1, -0.05) is 36.4 Å². The van der Waals surface area contributed by atoms with Crippen LogP contribution in [0.1, 0.15) is 17.5 Å². The molecule has 0 aliphatic carbocycles. The number of nitrogens with zero attached hydrogens (tertiary/aromatic N) is 2. The molecular weight excluding hydrogens is 372 g/mol. The summed E-state index contributed by atoms with van der Waals surface area (Å²) in [6.45, 7) is 5.94. The van der Waals surface area contributed by atoms with Crippen molar-refractivity contribution in [1.82, 2.24) is 15.2 Å². The van der Waals surface area contributed by atoms with Crippen LogP contribution in [-0.2, 0) is 13.1 Å². The van der Waals surface area contributed by atoms with Crippen LogP contribution in [0.2, 0.25) is 0 Å². The predicted octanol–water partition coefficient (Wildman–Crippen LogP) is 4.16. The molecule has 3 aromatic rings. The maximum atomic E-state index is 5.17.